The van der Waals surface area contributed by atoms with E-state index in [1.54, 1.807) is 20.9 Å². The van der Waals surface area contributed by atoms with Gasteiger partial charge in [0.15, 0.2) is 0 Å². The van der Waals surface area contributed by atoms with Crippen LogP contribution in [0.1, 0.15) is 33.1 Å². The third-order valence-corrected chi connectivity index (χ3v) is 3.25. The molecule has 1 saturated heterocycles. The lowest BCUT2D eigenvalue weighted by Crippen LogP contribution is -2.48. The molecule has 0 radical (unpaired) electrons. The van der Waals surface area contributed by atoms with Gasteiger partial charge in [0.1, 0.15) is 6.04 Å². The van der Waals surface area contributed by atoms with Gasteiger partial charge in [-0.2, -0.15) is 0 Å². The van der Waals surface area contributed by atoms with E-state index in [4.69, 9.17) is 5.11 Å². The van der Waals surface area contributed by atoms with Crippen LogP contribution in [0.5, 0.6) is 0 Å². The number of rotatable bonds is 5. The van der Waals surface area contributed by atoms with Crippen LogP contribution < -0.4 is 10.6 Å². The van der Waals surface area contributed by atoms with Gasteiger partial charge in [-0.1, -0.05) is 13.8 Å². The number of likely N-dealkylation sites (tertiary alicyclic amines) is 1. The third kappa shape index (κ3) is 5.41. The average molecular weight is 299 g/mol. The molecule has 8 heteroatoms. The van der Waals surface area contributed by atoms with E-state index < -0.39 is 29.4 Å². The van der Waals surface area contributed by atoms with Crippen molar-refractivity contribution in [3.63, 3.8) is 0 Å². The van der Waals surface area contributed by atoms with Crippen molar-refractivity contribution < 1.29 is 24.3 Å². The van der Waals surface area contributed by atoms with E-state index in [0.29, 0.717) is 13.0 Å². The summed E-state index contributed by atoms with van der Waals surface area (Å²) < 4.78 is 0. The summed E-state index contributed by atoms with van der Waals surface area (Å²) in [6.07, 6.45) is 0.237. The van der Waals surface area contributed by atoms with Crippen LogP contribution in [0.2, 0.25) is 0 Å². The van der Waals surface area contributed by atoms with Crippen molar-refractivity contribution in [1.82, 2.24) is 15.5 Å². The summed E-state index contributed by atoms with van der Waals surface area (Å²) in [6.45, 7) is 3.82. The fourth-order valence-corrected chi connectivity index (χ4v) is 2.23. The molecule has 1 atom stereocenters. The fourth-order valence-electron chi connectivity index (χ4n) is 2.23. The Bertz CT molecular complexity index is 461. The van der Waals surface area contributed by atoms with Gasteiger partial charge in [0.2, 0.25) is 11.8 Å². The Morgan fingerprint density at radius 1 is 1.33 bits per heavy atom. The maximum atomic E-state index is 11.7. The number of aliphatic carboxylic acids is 1. The first-order valence-electron chi connectivity index (χ1n) is 6.68. The van der Waals surface area contributed by atoms with E-state index in [2.05, 4.69) is 10.6 Å². The second-order valence-electron chi connectivity index (χ2n) is 6.03. The van der Waals surface area contributed by atoms with Crippen molar-refractivity contribution in [2.75, 3.05) is 13.6 Å². The summed E-state index contributed by atoms with van der Waals surface area (Å²) in [5.41, 5.74) is -0.750. The number of carboxylic acids is 1. The molecule has 3 N–H and O–H groups in total. The van der Waals surface area contributed by atoms with E-state index >= 15 is 0 Å². The first-order chi connectivity index (χ1) is 9.60. The lowest BCUT2D eigenvalue weighted by atomic mass is 9.85. The minimum Gasteiger partial charge on any atom is -0.481 e. The van der Waals surface area contributed by atoms with E-state index in [-0.39, 0.29) is 18.7 Å². The molecule has 118 valence electrons. The predicted octanol–water partition coefficient (Wildman–Crippen LogP) is -0.0661. The zero-order valence-electron chi connectivity index (χ0n) is 12.4. The van der Waals surface area contributed by atoms with Crippen LogP contribution in [0.4, 0.5) is 4.79 Å². The van der Waals surface area contributed by atoms with Gasteiger partial charge in [-0.25, -0.2) is 4.79 Å². The van der Waals surface area contributed by atoms with Crippen molar-refractivity contribution in [2.45, 2.75) is 39.2 Å². The van der Waals surface area contributed by atoms with Gasteiger partial charge in [0.25, 0.3) is 0 Å². The third-order valence-electron chi connectivity index (χ3n) is 3.25. The lowest BCUT2D eigenvalue weighted by molar-refractivity contribution is -0.139. The van der Waals surface area contributed by atoms with Crippen LogP contribution in [-0.2, 0) is 14.4 Å². The van der Waals surface area contributed by atoms with Gasteiger partial charge in [0, 0.05) is 20.0 Å². The van der Waals surface area contributed by atoms with E-state index in [1.807, 2.05) is 0 Å². The molecular formula is C13H21N3O5. The summed E-state index contributed by atoms with van der Waals surface area (Å²) in [5.74, 6) is -1.77. The Kier molecular flexibility index (Phi) is 5.28. The van der Waals surface area contributed by atoms with Gasteiger partial charge < -0.3 is 15.3 Å². The molecule has 0 aliphatic carbocycles. The van der Waals surface area contributed by atoms with Crippen LogP contribution in [0, 0.1) is 5.41 Å². The summed E-state index contributed by atoms with van der Waals surface area (Å²) >= 11 is 0. The maximum Gasteiger partial charge on any atom is 0.322 e. The SMILES string of the molecule is CN1CCC(NC(=O)NC(=O)CC(C)(C)CC(=O)O)C1=O. The zero-order chi connectivity index (χ0) is 16.2. The van der Waals surface area contributed by atoms with E-state index in [1.165, 1.54) is 4.90 Å². The number of nitrogens with one attached hydrogen (secondary N) is 2. The number of nitrogens with zero attached hydrogens (tertiary/aromatic N) is 1. The Hall–Kier alpha value is -2.12. The summed E-state index contributed by atoms with van der Waals surface area (Å²) in [5, 5.41) is 13.3. The number of likely N-dealkylation sites (N-methyl/N-ethyl adjacent to an activating group) is 1. The molecule has 8 nitrogen and oxygen atoms in total. The molecule has 1 fully saturated rings. The number of carbonyl (C=O) groups is 4. The monoisotopic (exact) mass is 299 g/mol. The van der Waals surface area contributed by atoms with Crippen molar-refractivity contribution in [2.24, 2.45) is 5.41 Å². The molecule has 1 unspecified atom stereocenters. The fraction of sp³-hybridized carbons (Fsp3) is 0.692. The predicted molar refractivity (Wildman–Crippen MR) is 73.4 cm³/mol. The molecule has 0 aromatic carbocycles. The molecule has 0 spiro atoms. The molecule has 1 aliphatic heterocycles. The Labute approximate surface area is 122 Å². The number of imide groups is 1. The van der Waals surface area contributed by atoms with E-state index in [9.17, 15) is 19.2 Å². The summed E-state index contributed by atoms with van der Waals surface area (Å²) in [7, 11) is 1.64. The van der Waals surface area contributed by atoms with E-state index in [0.717, 1.165) is 0 Å². The van der Waals surface area contributed by atoms with Gasteiger partial charge in [0.05, 0.1) is 6.42 Å². The number of hydrogen-bond acceptors (Lipinski definition) is 4. The molecule has 0 saturated carbocycles. The second kappa shape index (κ2) is 6.55. The van der Waals surface area contributed by atoms with Gasteiger partial charge >= 0.3 is 12.0 Å². The second-order valence-corrected chi connectivity index (χ2v) is 6.03. The van der Waals surface area contributed by atoms with Crippen LogP contribution in [-0.4, -0.2) is 53.5 Å². The summed E-state index contributed by atoms with van der Waals surface area (Å²) in [4.78, 5) is 47.1. The number of carbonyl (C=O) groups excluding carboxylic acids is 3. The van der Waals surface area contributed by atoms with Gasteiger partial charge in [-0.15, -0.1) is 0 Å². The van der Waals surface area contributed by atoms with Crippen LogP contribution >= 0.6 is 0 Å². The number of carboxylic acid groups (broad SMARTS) is 1. The van der Waals surface area contributed by atoms with Crippen molar-refractivity contribution in [3.05, 3.63) is 0 Å². The number of hydrogen-bond donors (Lipinski definition) is 3. The molecule has 1 rings (SSSR count). The first-order valence-corrected chi connectivity index (χ1v) is 6.68. The minimum absolute atomic E-state index is 0.0920. The Balaban J connectivity index is 2.42. The highest BCUT2D eigenvalue weighted by Crippen LogP contribution is 2.24. The lowest BCUT2D eigenvalue weighted by Gasteiger charge is -2.21. The molecule has 1 aliphatic rings. The van der Waals surface area contributed by atoms with Gasteiger partial charge in [-0.05, 0) is 11.8 Å². The highest BCUT2D eigenvalue weighted by atomic mass is 16.4. The van der Waals surface area contributed by atoms with Crippen LogP contribution in [0.25, 0.3) is 0 Å². The quantitative estimate of drug-likeness (QED) is 0.657. The number of urea groups is 1. The highest BCUT2D eigenvalue weighted by Gasteiger charge is 2.31. The molecule has 0 aromatic heterocycles. The molecule has 0 aromatic rings. The Morgan fingerprint density at radius 2 is 1.95 bits per heavy atom. The smallest absolute Gasteiger partial charge is 0.322 e. The maximum absolute atomic E-state index is 11.7. The van der Waals surface area contributed by atoms with Gasteiger partial charge in [-0.3, -0.25) is 19.7 Å². The standard InChI is InChI=1S/C13H21N3O5/c1-13(2,7-10(18)19)6-9(17)15-12(21)14-8-4-5-16(3)11(8)20/h8H,4-7H2,1-3H3,(H,18,19)(H2,14,15,17,21). The Morgan fingerprint density at radius 3 is 2.43 bits per heavy atom. The molecule has 0 bridgehead atoms. The normalized spacial score (nSPS) is 18.5. The molecule has 1 heterocycles. The molecule has 21 heavy (non-hydrogen) atoms. The van der Waals surface area contributed by atoms with Crippen molar-refractivity contribution in [3.8, 4) is 0 Å². The largest absolute Gasteiger partial charge is 0.481 e. The van der Waals surface area contributed by atoms with Crippen molar-refractivity contribution >= 4 is 23.8 Å². The number of amides is 4. The topological polar surface area (TPSA) is 116 Å². The minimum atomic E-state index is -1.00. The highest BCUT2D eigenvalue weighted by molar-refractivity contribution is 5.97. The average Bonchev–Trinajstić information content (AvgIpc) is 2.57. The molecular weight excluding hydrogens is 278 g/mol. The van der Waals surface area contributed by atoms with Crippen molar-refractivity contribution in [1.29, 1.82) is 0 Å². The summed E-state index contributed by atoms with van der Waals surface area (Å²) in [6, 6.07) is -1.35. The first kappa shape index (κ1) is 16.9. The van der Waals surface area contributed by atoms with Crippen LogP contribution in [0.15, 0.2) is 0 Å². The zero-order valence-corrected chi connectivity index (χ0v) is 12.4. The van der Waals surface area contributed by atoms with Crippen LogP contribution in [0.3, 0.4) is 0 Å². The molecule has 4 amide bonds.